The molecule has 92 valence electrons. The minimum Gasteiger partial charge on any atom is -0.194 e. The van der Waals surface area contributed by atoms with Gasteiger partial charge in [0, 0.05) is 23.1 Å². The molecule has 0 atom stereocenters. The lowest BCUT2D eigenvalue weighted by Gasteiger charge is -2.02. The molecule has 3 rings (SSSR count). The molecule has 1 aromatic heterocycles. The van der Waals surface area contributed by atoms with Gasteiger partial charge in [-0.2, -0.15) is 4.57 Å². The van der Waals surface area contributed by atoms with E-state index in [0.717, 1.165) is 12.1 Å². The fourth-order valence-electron chi connectivity index (χ4n) is 2.31. The number of hydrogen-bond acceptors (Lipinski definition) is 0. The van der Waals surface area contributed by atoms with Crippen molar-refractivity contribution in [2.45, 2.75) is 6.54 Å². The van der Waals surface area contributed by atoms with Crippen LogP contribution in [0.5, 0.6) is 0 Å². The summed E-state index contributed by atoms with van der Waals surface area (Å²) >= 11 is 0. The molecular formula is C18H16N+. The number of rotatable bonds is 3. The van der Waals surface area contributed by atoms with Crippen LogP contribution in [0.25, 0.3) is 17.0 Å². The number of para-hydroxylation sites is 1. The van der Waals surface area contributed by atoms with Gasteiger partial charge < -0.3 is 0 Å². The molecule has 1 nitrogen and oxygen atoms in total. The van der Waals surface area contributed by atoms with Crippen molar-refractivity contribution in [2.24, 2.45) is 0 Å². The Kier molecular flexibility index (Phi) is 3.11. The van der Waals surface area contributed by atoms with E-state index in [1.807, 2.05) is 6.08 Å². The highest BCUT2D eigenvalue weighted by Gasteiger charge is 2.07. The second kappa shape index (κ2) is 5.07. The summed E-state index contributed by atoms with van der Waals surface area (Å²) in [6.07, 6.45) is 4.00. The van der Waals surface area contributed by atoms with Crippen LogP contribution in [-0.2, 0) is 6.54 Å². The maximum Gasteiger partial charge on any atom is 0.212 e. The normalized spacial score (nSPS) is 10.5. The first-order valence-corrected chi connectivity index (χ1v) is 6.45. The molecule has 0 saturated carbocycles. The average Bonchev–Trinajstić information content (AvgIpc) is 2.48. The Morgan fingerprint density at radius 3 is 2.42 bits per heavy atom. The van der Waals surface area contributed by atoms with Crippen molar-refractivity contribution in [2.75, 3.05) is 0 Å². The van der Waals surface area contributed by atoms with Crippen molar-refractivity contribution in [1.82, 2.24) is 0 Å². The van der Waals surface area contributed by atoms with E-state index >= 15 is 0 Å². The Bertz CT molecular complexity index is 706. The second-order valence-corrected chi connectivity index (χ2v) is 4.64. The van der Waals surface area contributed by atoms with Crippen molar-refractivity contribution >= 4 is 17.0 Å². The number of pyridine rings is 1. The average molecular weight is 246 g/mol. The predicted molar refractivity (Wildman–Crippen MR) is 79.8 cm³/mol. The molecule has 0 spiro atoms. The van der Waals surface area contributed by atoms with Crippen molar-refractivity contribution in [3.63, 3.8) is 0 Å². The van der Waals surface area contributed by atoms with Crippen LogP contribution in [0.1, 0.15) is 11.1 Å². The van der Waals surface area contributed by atoms with Gasteiger partial charge in [0.25, 0.3) is 0 Å². The van der Waals surface area contributed by atoms with E-state index < -0.39 is 0 Å². The zero-order chi connectivity index (χ0) is 13.1. The quantitative estimate of drug-likeness (QED) is 0.619. The van der Waals surface area contributed by atoms with Gasteiger partial charge >= 0.3 is 0 Å². The van der Waals surface area contributed by atoms with Crippen LogP contribution >= 0.6 is 0 Å². The van der Waals surface area contributed by atoms with Gasteiger partial charge in [0.05, 0.1) is 0 Å². The van der Waals surface area contributed by atoms with Gasteiger partial charge in [-0.05, 0) is 17.7 Å². The largest absolute Gasteiger partial charge is 0.212 e. The highest BCUT2D eigenvalue weighted by atomic mass is 14.9. The smallest absolute Gasteiger partial charge is 0.194 e. The van der Waals surface area contributed by atoms with Crippen LogP contribution in [-0.4, -0.2) is 0 Å². The molecule has 1 heterocycles. The number of benzene rings is 2. The summed E-state index contributed by atoms with van der Waals surface area (Å²) in [7, 11) is 0. The molecule has 0 amide bonds. The standard InChI is InChI=1S/C18H16N/c1-2-15-9-11-16(12-10-15)14-19-13-5-7-17-6-3-4-8-18(17)19/h2-13H,1,14H2/q+1. The Balaban J connectivity index is 1.98. The Labute approximate surface area is 113 Å². The summed E-state index contributed by atoms with van der Waals surface area (Å²) in [5, 5.41) is 1.27. The molecule has 0 aliphatic heterocycles. The highest BCUT2D eigenvalue weighted by Crippen LogP contribution is 2.10. The lowest BCUT2D eigenvalue weighted by atomic mass is 10.1. The SMILES string of the molecule is C=Cc1ccc(C[n+]2cccc3ccccc32)cc1. The lowest BCUT2D eigenvalue weighted by molar-refractivity contribution is -0.662. The first kappa shape index (κ1) is 11.7. The molecule has 0 saturated heterocycles. The molecule has 0 unspecified atom stereocenters. The zero-order valence-corrected chi connectivity index (χ0v) is 10.8. The van der Waals surface area contributed by atoms with Gasteiger partial charge in [0.1, 0.15) is 0 Å². The minimum atomic E-state index is 0.888. The number of hydrogen-bond donors (Lipinski definition) is 0. The van der Waals surface area contributed by atoms with Gasteiger partial charge in [0.2, 0.25) is 5.52 Å². The van der Waals surface area contributed by atoms with E-state index in [1.165, 1.54) is 16.5 Å². The molecule has 3 aromatic rings. The molecule has 0 fully saturated rings. The van der Waals surface area contributed by atoms with Crippen LogP contribution in [0.15, 0.2) is 73.4 Å². The van der Waals surface area contributed by atoms with E-state index in [2.05, 4.69) is 78.0 Å². The summed E-state index contributed by atoms with van der Waals surface area (Å²) in [6.45, 7) is 4.67. The first-order valence-electron chi connectivity index (χ1n) is 6.45. The van der Waals surface area contributed by atoms with E-state index in [-0.39, 0.29) is 0 Å². The topological polar surface area (TPSA) is 3.88 Å². The molecular weight excluding hydrogens is 230 g/mol. The maximum absolute atomic E-state index is 3.78. The van der Waals surface area contributed by atoms with Gasteiger partial charge in [-0.3, -0.25) is 0 Å². The predicted octanol–water partition coefficient (Wildman–Crippen LogP) is 3.82. The minimum absolute atomic E-state index is 0.888. The molecule has 19 heavy (non-hydrogen) atoms. The number of nitrogens with zero attached hydrogens (tertiary/aromatic N) is 1. The van der Waals surface area contributed by atoms with Gasteiger partial charge in [0.15, 0.2) is 12.7 Å². The fraction of sp³-hybridized carbons (Fsp3) is 0.0556. The third-order valence-corrected chi connectivity index (χ3v) is 3.36. The summed E-state index contributed by atoms with van der Waals surface area (Å²) in [6, 6.07) is 21.2. The third kappa shape index (κ3) is 2.41. The molecule has 0 bridgehead atoms. The second-order valence-electron chi connectivity index (χ2n) is 4.64. The highest BCUT2D eigenvalue weighted by molar-refractivity contribution is 5.74. The van der Waals surface area contributed by atoms with Gasteiger partial charge in [-0.1, -0.05) is 49.1 Å². The van der Waals surface area contributed by atoms with E-state index in [0.29, 0.717) is 0 Å². The summed E-state index contributed by atoms with van der Waals surface area (Å²) in [4.78, 5) is 0. The fourth-order valence-corrected chi connectivity index (χ4v) is 2.31. The Hall–Kier alpha value is -2.41. The van der Waals surface area contributed by atoms with Crippen molar-refractivity contribution in [3.8, 4) is 0 Å². The van der Waals surface area contributed by atoms with Crippen molar-refractivity contribution < 1.29 is 4.57 Å². The molecule has 0 N–H and O–H groups in total. The molecule has 0 aliphatic carbocycles. The lowest BCUT2D eigenvalue weighted by Crippen LogP contribution is -2.34. The van der Waals surface area contributed by atoms with E-state index in [4.69, 9.17) is 0 Å². The Morgan fingerprint density at radius 2 is 1.63 bits per heavy atom. The van der Waals surface area contributed by atoms with Gasteiger partial charge in [-0.25, -0.2) is 0 Å². The molecule has 1 heteroatoms. The zero-order valence-electron chi connectivity index (χ0n) is 10.8. The van der Waals surface area contributed by atoms with Crippen LogP contribution in [0.4, 0.5) is 0 Å². The summed E-state index contributed by atoms with van der Waals surface area (Å²) in [5.41, 5.74) is 3.72. The van der Waals surface area contributed by atoms with Crippen LogP contribution < -0.4 is 4.57 Å². The van der Waals surface area contributed by atoms with Crippen molar-refractivity contribution in [1.29, 1.82) is 0 Å². The summed E-state index contributed by atoms with van der Waals surface area (Å²) < 4.78 is 2.28. The van der Waals surface area contributed by atoms with Crippen molar-refractivity contribution in [3.05, 3.63) is 84.6 Å². The van der Waals surface area contributed by atoms with Crippen LogP contribution in [0, 0.1) is 0 Å². The maximum atomic E-state index is 3.78. The summed E-state index contributed by atoms with van der Waals surface area (Å²) in [5.74, 6) is 0. The molecule has 2 aromatic carbocycles. The third-order valence-electron chi connectivity index (χ3n) is 3.36. The monoisotopic (exact) mass is 246 g/mol. The van der Waals surface area contributed by atoms with Gasteiger partial charge in [-0.15, -0.1) is 0 Å². The van der Waals surface area contributed by atoms with Crippen LogP contribution in [0.2, 0.25) is 0 Å². The molecule has 0 aliphatic rings. The first-order chi connectivity index (χ1) is 9.36. The van der Waals surface area contributed by atoms with E-state index in [9.17, 15) is 0 Å². The van der Waals surface area contributed by atoms with E-state index in [1.54, 1.807) is 0 Å². The van der Waals surface area contributed by atoms with Crippen LogP contribution in [0.3, 0.4) is 0 Å². The Morgan fingerprint density at radius 1 is 0.895 bits per heavy atom. The molecule has 0 radical (unpaired) electrons. The number of fused-ring (bicyclic) bond motifs is 1. The number of aromatic nitrogens is 1.